The fourth-order valence-corrected chi connectivity index (χ4v) is 3.74. The lowest BCUT2D eigenvalue weighted by molar-refractivity contribution is -0.124. The average Bonchev–Trinajstić information content (AvgIpc) is 3.18. The van der Waals surface area contributed by atoms with Crippen molar-refractivity contribution in [2.45, 2.75) is 26.2 Å². The van der Waals surface area contributed by atoms with Crippen molar-refractivity contribution in [2.75, 3.05) is 25.1 Å². The van der Waals surface area contributed by atoms with Gasteiger partial charge in [0.15, 0.2) is 0 Å². The fraction of sp³-hybridized carbons (Fsp3) is 0.333. The Morgan fingerprint density at radius 1 is 1.15 bits per heavy atom. The summed E-state index contributed by atoms with van der Waals surface area (Å²) < 4.78 is 10.7. The minimum atomic E-state index is -0.532. The van der Waals surface area contributed by atoms with E-state index in [2.05, 4.69) is 0 Å². The number of fused-ring (bicyclic) bond motifs is 1. The highest BCUT2D eigenvalue weighted by atomic mass is 16.5. The van der Waals surface area contributed by atoms with Crippen molar-refractivity contribution in [1.82, 2.24) is 4.90 Å². The lowest BCUT2D eigenvalue weighted by atomic mass is 10.0. The van der Waals surface area contributed by atoms with Crippen LogP contribution in [-0.4, -0.2) is 43.0 Å². The van der Waals surface area contributed by atoms with E-state index < -0.39 is 6.04 Å². The zero-order valence-electron chi connectivity index (χ0n) is 15.5. The van der Waals surface area contributed by atoms with Gasteiger partial charge in [-0.05, 0) is 36.2 Å². The van der Waals surface area contributed by atoms with Crippen LogP contribution in [0.2, 0.25) is 0 Å². The number of rotatable bonds is 3. The molecule has 0 radical (unpaired) electrons. The molecule has 0 bridgehead atoms. The second-order valence-corrected chi connectivity index (χ2v) is 6.80. The molecule has 2 aromatic carbocycles. The Labute approximate surface area is 158 Å². The Balaban J connectivity index is 1.57. The molecule has 0 spiro atoms. The molecule has 6 heteroatoms. The second-order valence-electron chi connectivity index (χ2n) is 6.80. The zero-order chi connectivity index (χ0) is 19.0. The van der Waals surface area contributed by atoms with Crippen molar-refractivity contribution in [3.05, 3.63) is 59.2 Å². The number of nitrogens with zero attached hydrogens (tertiary/aromatic N) is 2. The van der Waals surface area contributed by atoms with E-state index in [1.807, 2.05) is 42.5 Å². The summed E-state index contributed by atoms with van der Waals surface area (Å²) >= 11 is 0. The first-order chi connectivity index (χ1) is 13.1. The van der Waals surface area contributed by atoms with Crippen molar-refractivity contribution in [2.24, 2.45) is 0 Å². The van der Waals surface area contributed by atoms with Crippen molar-refractivity contribution in [3.63, 3.8) is 0 Å². The number of carbonyl (C=O) groups excluding carboxylic acids is 2. The molecule has 1 saturated heterocycles. The molecule has 2 amide bonds. The van der Waals surface area contributed by atoms with Gasteiger partial charge in [-0.1, -0.05) is 18.2 Å². The van der Waals surface area contributed by atoms with E-state index in [-0.39, 0.29) is 11.8 Å². The number of piperazine rings is 1. The number of ether oxygens (including phenoxy) is 2. The van der Waals surface area contributed by atoms with Crippen molar-refractivity contribution < 1.29 is 19.1 Å². The SMILES string of the molecule is COc1cccc(N2CCN(C(=O)c3cccc4c3COC4)C(C)C2=O)c1. The molecule has 2 aromatic rings. The Bertz CT molecular complexity index is 896. The largest absolute Gasteiger partial charge is 0.497 e. The van der Waals surface area contributed by atoms with Crippen LogP contribution < -0.4 is 9.64 Å². The van der Waals surface area contributed by atoms with Gasteiger partial charge in [-0.3, -0.25) is 9.59 Å². The number of amides is 2. The van der Waals surface area contributed by atoms with Gasteiger partial charge in [0.1, 0.15) is 11.8 Å². The van der Waals surface area contributed by atoms with Gasteiger partial charge in [-0.2, -0.15) is 0 Å². The molecular weight excluding hydrogens is 344 g/mol. The van der Waals surface area contributed by atoms with E-state index in [0.29, 0.717) is 37.6 Å². The normalized spacial score (nSPS) is 19.2. The number of hydrogen-bond acceptors (Lipinski definition) is 4. The fourth-order valence-electron chi connectivity index (χ4n) is 3.74. The molecule has 1 atom stereocenters. The second kappa shape index (κ2) is 7.04. The molecule has 6 nitrogen and oxygen atoms in total. The van der Waals surface area contributed by atoms with Crippen molar-refractivity contribution >= 4 is 17.5 Å². The Morgan fingerprint density at radius 3 is 2.78 bits per heavy atom. The number of hydrogen-bond donors (Lipinski definition) is 0. The monoisotopic (exact) mass is 366 g/mol. The summed E-state index contributed by atoms with van der Waals surface area (Å²) in [5, 5.41) is 0. The predicted molar refractivity (Wildman–Crippen MR) is 101 cm³/mol. The summed E-state index contributed by atoms with van der Waals surface area (Å²) in [4.78, 5) is 29.5. The molecule has 4 rings (SSSR count). The van der Waals surface area contributed by atoms with Gasteiger partial charge < -0.3 is 19.3 Å². The van der Waals surface area contributed by atoms with Crippen molar-refractivity contribution in [3.8, 4) is 5.75 Å². The lowest BCUT2D eigenvalue weighted by Crippen LogP contribution is -2.57. The molecule has 0 aromatic heterocycles. The van der Waals surface area contributed by atoms with Crippen LogP contribution in [0, 0.1) is 0 Å². The number of anilines is 1. The third-order valence-corrected chi connectivity index (χ3v) is 5.29. The summed E-state index contributed by atoms with van der Waals surface area (Å²) in [6.07, 6.45) is 0. The number of carbonyl (C=O) groups is 2. The van der Waals surface area contributed by atoms with Crippen LogP contribution in [0.5, 0.6) is 5.75 Å². The van der Waals surface area contributed by atoms with Gasteiger partial charge in [0.05, 0.1) is 20.3 Å². The molecule has 2 aliphatic rings. The van der Waals surface area contributed by atoms with Crippen LogP contribution in [0.25, 0.3) is 0 Å². The minimum absolute atomic E-state index is 0.0910. The lowest BCUT2D eigenvalue weighted by Gasteiger charge is -2.39. The summed E-state index contributed by atoms with van der Waals surface area (Å²) in [5.74, 6) is 0.501. The maximum absolute atomic E-state index is 13.1. The molecule has 0 saturated carbocycles. The van der Waals surface area contributed by atoms with Crippen LogP contribution in [0.1, 0.15) is 28.4 Å². The van der Waals surface area contributed by atoms with Gasteiger partial charge in [0.2, 0.25) is 5.91 Å². The van der Waals surface area contributed by atoms with E-state index in [1.54, 1.807) is 23.8 Å². The number of methoxy groups -OCH3 is 1. The Kier molecular flexibility index (Phi) is 4.58. The van der Waals surface area contributed by atoms with E-state index in [0.717, 1.165) is 16.8 Å². The molecule has 1 unspecified atom stereocenters. The number of benzene rings is 2. The summed E-state index contributed by atoms with van der Waals surface area (Å²) in [5.41, 5.74) is 3.42. The van der Waals surface area contributed by atoms with E-state index in [1.165, 1.54) is 0 Å². The molecule has 0 aliphatic carbocycles. The standard InChI is InChI=1S/C21H22N2O4/c1-14-20(24)23(16-6-4-7-17(11-16)26-2)10-9-22(14)21(25)18-8-3-5-15-12-27-13-19(15)18/h3-8,11,14H,9-10,12-13H2,1-2H3. The molecule has 2 aliphatic heterocycles. The molecule has 140 valence electrons. The molecule has 27 heavy (non-hydrogen) atoms. The Hall–Kier alpha value is -2.86. The van der Waals surface area contributed by atoms with Gasteiger partial charge in [-0.25, -0.2) is 0 Å². The first kappa shape index (κ1) is 17.5. The van der Waals surface area contributed by atoms with Gasteiger partial charge in [-0.15, -0.1) is 0 Å². The molecule has 1 fully saturated rings. The first-order valence-electron chi connectivity index (χ1n) is 9.05. The van der Waals surface area contributed by atoms with E-state index >= 15 is 0 Å². The van der Waals surface area contributed by atoms with Crippen LogP contribution in [0.4, 0.5) is 5.69 Å². The quantitative estimate of drug-likeness (QED) is 0.838. The highest BCUT2D eigenvalue weighted by molar-refractivity contribution is 6.04. The minimum Gasteiger partial charge on any atom is -0.497 e. The van der Waals surface area contributed by atoms with Gasteiger partial charge >= 0.3 is 0 Å². The average molecular weight is 366 g/mol. The molecular formula is C21H22N2O4. The van der Waals surface area contributed by atoms with Crippen LogP contribution in [0.3, 0.4) is 0 Å². The molecule has 0 N–H and O–H groups in total. The van der Waals surface area contributed by atoms with Gasteiger partial charge in [0, 0.05) is 30.4 Å². The summed E-state index contributed by atoms with van der Waals surface area (Å²) in [7, 11) is 1.60. The van der Waals surface area contributed by atoms with Crippen molar-refractivity contribution in [1.29, 1.82) is 0 Å². The van der Waals surface area contributed by atoms with Crippen LogP contribution >= 0.6 is 0 Å². The highest BCUT2D eigenvalue weighted by Gasteiger charge is 2.36. The van der Waals surface area contributed by atoms with Crippen LogP contribution in [0.15, 0.2) is 42.5 Å². The van der Waals surface area contributed by atoms with E-state index in [4.69, 9.17) is 9.47 Å². The first-order valence-corrected chi connectivity index (χ1v) is 9.05. The third-order valence-electron chi connectivity index (χ3n) is 5.29. The zero-order valence-corrected chi connectivity index (χ0v) is 15.5. The maximum atomic E-state index is 13.1. The Morgan fingerprint density at radius 2 is 1.96 bits per heavy atom. The predicted octanol–water partition coefficient (Wildman–Crippen LogP) is 2.60. The third kappa shape index (κ3) is 3.06. The summed E-state index contributed by atoms with van der Waals surface area (Å²) in [6, 6.07) is 12.6. The molecule has 2 heterocycles. The smallest absolute Gasteiger partial charge is 0.254 e. The topological polar surface area (TPSA) is 59.1 Å². The van der Waals surface area contributed by atoms with Crippen LogP contribution in [-0.2, 0) is 22.7 Å². The summed E-state index contributed by atoms with van der Waals surface area (Å²) in [6.45, 7) is 3.70. The maximum Gasteiger partial charge on any atom is 0.254 e. The highest BCUT2D eigenvalue weighted by Crippen LogP contribution is 2.28. The van der Waals surface area contributed by atoms with Gasteiger partial charge in [0.25, 0.3) is 5.91 Å². The van der Waals surface area contributed by atoms with E-state index in [9.17, 15) is 9.59 Å².